The number of halogens is 2. The molecule has 1 N–H and O–H groups in total. The Morgan fingerprint density at radius 1 is 1.12 bits per heavy atom. The molecule has 6 heteroatoms. The molecule has 0 unspecified atom stereocenters. The first-order valence-electron chi connectivity index (χ1n) is 7.28. The molecular formula is C18H15Cl2N3O. The van der Waals surface area contributed by atoms with Crippen LogP contribution in [0.25, 0.3) is 10.9 Å². The monoisotopic (exact) mass is 359 g/mol. The van der Waals surface area contributed by atoms with Crippen LogP contribution >= 0.6 is 23.2 Å². The van der Waals surface area contributed by atoms with Crippen LogP contribution in [0.1, 0.15) is 10.4 Å². The molecule has 0 aliphatic carbocycles. The van der Waals surface area contributed by atoms with Crippen molar-refractivity contribution in [1.82, 2.24) is 4.98 Å². The summed E-state index contributed by atoms with van der Waals surface area (Å²) in [6, 6.07) is 12.4. The van der Waals surface area contributed by atoms with Gasteiger partial charge in [0.25, 0.3) is 5.91 Å². The van der Waals surface area contributed by atoms with Gasteiger partial charge < -0.3 is 10.2 Å². The third-order valence-corrected chi connectivity index (χ3v) is 4.12. The third kappa shape index (κ3) is 3.30. The number of hydrogen-bond acceptors (Lipinski definition) is 3. The molecule has 0 saturated heterocycles. The van der Waals surface area contributed by atoms with Crippen molar-refractivity contribution in [3.05, 3.63) is 64.3 Å². The highest BCUT2D eigenvalue weighted by molar-refractivity contribution is 6.34. The predicted octanol–water partition coefficient (Wildman–Crippen LogP) is 4.86. The van der Waals surface area contributed by atoms with Crippen LogP contribution in [0.5, 0.6) is 0 Å². The van der Waals surface area contributed by atoms with E-state index in [2.05, 4.69) is 10.3 Å². The van der Waals surface area contributed by atoms with Gasteiger partial charge in [-0.2, -0.15) is 0 Å². The molecule has 0 atom stereocenters. The topological polar surface area (TPSA) is 45.2 Å². The van der Waals surface area contributed by atoms with E-state index in [1.165, 1.54) is 0 Å². The Hall–Kier alpha value is -2.30. The average Bonchev–Trinajstić information content (AvgIpc) is 2.53. The van der Waals surface area contributed by atoms with Crippen LogP contribution in [-0.4, -0.2) is 25.0 Å². The first kappa shape index (κ1) is 16.6. The maximum absolute atomic E-state index is 12.6. The number of benzene rings is 2. The molecule has 24 heavy (non-hydrogen) atoms. The molecule has 1 amide bonds. The van der Waals surface area contributed by atoms with E-state index in [1.807, 2.05) is 31.1 Å². The van der Waals surface area contributed by atoms with E-state index in [1.54, 1.807) is 36.5 Å². The molecule has 122 valence electrons. The van der Waals surface area contributed by atoms with Gasteiger partial charge in [0, 0.05) is 36.4 Å². The number of pyridine rings is 1. The largest absolute Gasteiger partial charge is 0.376 e. The average molecular weight is 360 g/mol. The summed E-state index contributed by atoms with van der Waals surface area (Å²) in [6.45, 7) is 0. The lowest BCUT2D eigenvalue weighted by molar-refractivity contribution is 0.102. The first-order chi connectivity index (χ1) is 11.5. The van der Waals surface area contributed by atoms with Crippen molar-refractivity contribution in [2.24, 2.45) is 0 Å². The number of nitrogens with zero attached hydrogens (tertiary/aromatic N) is 2. The van der Waals surface area contributed by atoms with E-state index >= 15 is 0 Å². The second-order valence-electron chi connectivity index (χ2n) is 5.54. The van der Waals surface area contributed by atoms with Gasteiger partial charge in [-0.3, -0.25) is 9.78 Å². The molecule has 1 aromatic heterocycles. The molecule has 0 bridgehead atoms. The second kappa shape index (κ2) is 6.67. The molecule has 0 saturated carbocycles. The highest BCUT2D eigenvalue weighted by Crippen LogP contribution is 2.28. The van der Waals surface area contributed by atoms with Crippen LogP contribution in [0.4, 0.5) is 11.4 Å². The Kier molecular flexibility index (Phi) is 4.60. The fourth-order valence-corrected chi connectivity index (χ4v) is 3.05. The number of amides is 1. The smallest absolute Gasteiger partial charge is 0.257 e. The zero-order chi connectivity index (χ0) is 17.3. The molecule has 0 fully saturated rings. The van der Waals surface area contributed by atoms with Gasteiger partial charge in [0.1, 0.15) is 0 Å². The Morgan fingerprint density at radius 3 is 2.62 bits per heavy atom. The highest BCUT2D eigenvalue weighted by atomic mass is 35.5. The molecule has 2 aromatic carbocycles. The minimum Gasteiger partial charge on any atom is -0.376 e. The van der Waals surface area contributed by atoms with Crippen molar-refractivity contribution >= 4 is 51.4 Å². The van der Waals surface area contributed by atoms with Crippen molar-refractivity contribution in [1.29, 1.82) is 0 Å². The van der Waals surface area contributed by atoms with Crippen molar-refractivity contribution in [2.75, 3.05) is 24.3 Å². The number of carbonyl (C=O) groups excluding carboxylic acids is 1. The summed E-state index contributed by atoms with van der Waals surface area (Å²) >= 11 is 12.4. The normalized spacial score (nSPS) is 10.7. The number of aromatic nitrogens is 1. The minimum absolute atomic E-state index is 0.283. The lowest BCUT2D eigenvalue weighted by Crippen LogP contribution is -2.14. The molecule has 0 spiro atoms. The van der Waals surface area contributed by atoms with Crippen molar-refractivity contribution < 1.29 is 4.79 Å². The molecule has 3 rings (SSSR count). The van der Waals surface area contributed by atoms with Crippen LogP contribution in [0.2, 0.25) is 10.0 Å². The van der Waals surface area contributed by atoms with Gasteiger partial charge in [0.15, 0.2) is 0 Å². The standard InChI is InChI=1S/C18H15Cl2N3O/c1-23(2)16-6-5-13(10-15(16)20)22-18(24)14-9-12(19)8-11-4-3-7-21-17(11)14/h3-10H,1-2H3,(H,22,24). The van der Waals surface area contributed by atoms with E-state index in [9.17, 15) is 4.79 Å². The van der Waals surface area contributed by atoms with Gasteiger partial charge >= 0.3 is 0 Å². The Balaban J connectivity index is 1.95. The number of anilines is 2. The number of hydrogen-bond donors (Lipinski definition) is 1. The molecule has 4 nitrogen and oxygen atoms in total. The summed E-state index contributed by atoms with van der Waals surface area (Å²) in [5.41, 5.74) is 2.52. The second-order valence-corrected chi connectivity index (χ2v) is 6.39. The molecule has 0 radical (unpaired) electrons. The van der Waals surface area contributed by atoms with E-state index in [-0.39, 0.29) is 5.91 Å². The fourth-order valence-electron chi connectivity index (χ4n) is 2.47. The lowest BCUT2D eigenvalue weighted by atomic mass is 10.1. The summed E-state index contributed by atoms with van der Waals surface area (Å²) in [7, 11) is 3.81. The van der Waals surface area contributed by atoms with Crippen molar-refractivity contribution in [2.45, 2.75) is 0 Å². The van der Waals surface area contributed by atoms with Gasteiger partial charge in [-0.15, -0.1) is 0 Å². The van der Waals surface area contributed by atoms with Crippen LogP contribution < -0.4 is 10.2 Å². The summed E-state index contributed by atoms with van der Waals surface area (Å²) in [4.78, 5) is 18.8. The van der Waals surface area contributed by atoms with Gasteiger partial charge in [-0.05, 0) is 36.4 Å². The van der Waals surface area contributed by atoms with Crippen molar-refractivity contribution in [3.63, 3.8) is 0 Å². The Bertz CT molecular complexity index is 925. The van der Waals surface area contributed by atoms with E-state index in [4.69, 9.17) is 23.2 Å². The zero-order valence-corrected chi connectivity index (χ0v) is 14.7. The van der Waals surface area contributed by atoms with E-state index in [0.717, 1.165) is 11.1 Å². The van der Waals surface area contributed by atoms with Gasteiger partial charge in [0.05, 0.1) is 21.8 Å². The van der Waals surface area contributed by atoms with Gasteiger partial charge in [-0.25, -0.2) is 0 Å². The maximum atomic E-state index is 12.6. The minimum atomic E-state index is -0.283. The van der Waals surface area contributed by atoms with E-state index in [0.29, 0.717) is 26.8 Å². The summed E-state index contributed by atoms with van der Waals surface area (Å²) in [6.07, 6.45) is 1.65. The highest BCUT2D eigenvalue weighted by Gasteiger charge is 2.14. The number of fused-ring (bicyclic) bond motifs is 1. The summed E-state index contributed by atoms with van der Waals surface area (Å²) in [5.74, 6) is -0.283. The Labute approximate surface area is 150 Å². The molecule has 0 aliphatic rings. The first-order valence-corrected chi connectivity index (χ1v) is 8.04. The molecule has 0 aliphatic heterocycles. The summed E-state index contributed by atoms with van der Waals surface area (Å²) < 4.78 is 0. The zero-order valence-electron chi connectivity index (χ0n) is 13.2. The van der Waals surface area contributed by atoms with Crippen molar-refractivity contribution in [3.8, 4) is 0 Å². The van der Waals surface area contributed by atoms with Crippen LogP contribution in [0.15, 0.2) is 48.7 Å². The van der Waals surface area contributed by atoms with Gasteiger partial charge in [-0.1, -0.05) is 29.3 Å². The van der Waals surface area contributed by atoms with Crippen LogP contribution in [0.3, 0.4) is 0 Å². The maximum Gasteiger partial charge on any atom is 0.257 e. The van der Waals surface area contributed by atoms with Gasteiger partial charge in [0.2, 0.25) is 0 Å². The SMILES string of the molecule is CN(C)c1ccc(NC(=O)c2cc(Cl)cc3cccnc23)cc1Cl. The number of carbonyl (C=O) groups is 1. The molecule has 3 aromatic rings. The number of nitrogens with one attached hydrogen (secondary N) is 1. The third-order valence-electron chi connectivity index (χ3n) is 3.60. The number of rotatable bonds is 3. The quantitative estimate of drug-likeness (QED) is 0.726. The molecule has 1 heterocycles. The fraction of sp³-hybridized carbons (Fsp3) is 0.111. The van der Waals surface area contributed by atoms with E-state index < -0.39 is 0 Å². The van der Waals surface area contributed by atoms with Crippen LogP contribution in [-0.2, 0) is 0 Å². The van der Waals surface area contributed by atoms with Crippen LogP contribution in [0, 0.1) is 0 Å². The predicted molar refractivity (Wildman–Crippen MR) is 100 cm³/mol. The lowest BCUT2D eigenvalue weighted by Gasteiger charge is -2.15. The molecular weight excluding hydrogens is 345 g/mol. The Morgan fingerprint density at radius 2 is 1.92 bits per heavy atom. The summed E-state index contributed by atoms with van der Waals surface area (Å²) in [5, 5.41) is 4.71.